The highest BCUT2D eigenvalue weighted by Gasteiger charge is 2.44. The summed E-state index contributed by atoms with van der Waals surface area (Å²) in [7, 11) is 0. The third-order valence-corrected chi connectivity index (χ3v) is 7.72. The highest BCUT2D eigenvalue weighted by molar-refractivity contribution is 7.08. The summed E-state index contributed by atoms with van der Waals surface area (Å²) in [6.45, 7) is 4.07. The van der Waals surface area contributed by atoms with Crippen LogP contribution in [0.3, 0.4) is 0 Å². The lowest BCUT2D eigenvalue weighted by Crippen LogP contribution is -2.58. The van der Waals surface area contributed by atoms with Gasteiger partial charge in [-0.1, -0.05) is 6.07 Å². The number of pyridine rings is 1. The number of carbonyl (C=O) groups is 3. The first-order valence-corrected chi connectivity index (χ1v) is 13.1. The summed E-state index contributed by atoms with van der Waals surface area (Å²) in [5.41, 5.74) is 0.762. The van der Waals surface area contributed by atoms with Gasteiger partial charge in [-0.05, 0) is 36.4 Å². The van der Waals surface area contributed by atoms with E-state index >= 15 is 0 Å². The first-order valence-electron chi connectivity index (χ1n) is 12.1. The van der Waals surface area contributed by atoms with Gasteiger partial charge in [0.1, 0.15) is 5.82 Å². The van der Waals surface area contributed by atoms with Crippen molar-refractivity contribution in [2.75, 3.05) is 49.5 Å². The summed E-state index contributed by atoms with van der Waals surface area (Å²) in [5.74, 6) is 1.11. The Hall–Kier alpha value is -3.18. The Morgan fingerprint density at radius 1 is 1.17 bits per heavy atom. The molecule has 0 spiro atoms. The third kappa shape index (κ3) is 5.57. The Bertz CT molecular complexity index is 1030. The number of anilines is 2. The molecular formula is C24H31N7O3S. The first-order chi connectivity index (χ1) is 17.1. The molecule has 0 unspecified atom stereocenters. The van der Waals surface area contributed by atoms with Gasteiger partial charge in [0.05, 0.1) is 11.7 Å². The Balaban J connectivity index is 1.10. The number of nitrogens with one attached hydrogen (secondary N) is 3. The number of hydrogen-bond donors (Lipinski definition) is 3. The van der Waals surface area contributed by atoms with Crippen LogP contribution < -0.4 is 20.9 Å². The number of urea groups is 1. The zero-order valence-corrected chi connectivity index (χ0v) is 20.4. The van der Waals surface area contributed by atoms with Gasteiger partial charge in [0.25, 0.3) is 0 Å². The maximum atomic E-state index is 12.9. The molecule has 0 radical (unpaired) electrons. The van der Waals surface area contributed by atoms with Crippen LogP contribution in [0.4, 0.5) is 16.3 Å². The Kier molecular flexibility index (Phi) is 7.14. The number of aromatic nitrogens is 1. The van der Waals surface area contributed by atoms with E-state index in [-0.39, 0.29) is 36.0 Å². The average Bonchev–Trinajstić information content (AvgIpc) is 3.54. The van der Waals surface area contributed by atoms with Crippen molar-refractivity contribution in [3.8, 4) is 0 Å². The Labute approximate surface area is 208 Å². The topological polar surface area (TPSA) is 110 Å². The molecule has 0 bridgehead atoms. The van der Waals surface area contributed by atoms with Crippen molar-refractivity contribution < 1.29 is 14.4 Å². The smallest absolute Gasteiger partial charge is 0.319 e. The van der Waals surface area contributed by atoms with Gasteiger partial charge in [-0.3, -0.25) is 14.5 Å². The van der Waals surface area contributed by atoms with Gasteiger partial charge in [-0.25, -0.2) is 9.78 Å². The number of amides is 4. The minimum Gasteiger partial charge on any atom is -0.353 e. The molecule has 0 saturated carbocycles. The number of fused-ring (bicyclic) bond motifs is 1. The van der Waals surface area contributed by atoms with Crippen LogP contribution in [-0.2, 0) is 9.59 Å². The second-order valence-corrected chi connectivity index (χ2v) is 10.0. The minimum atomic E-state index is -0.266. The second-order valence-electron chi connectivity index (χ2n) is 9.25. The highest BCUT2D eigenvalue weighted by atomic mass is 32.1. The van der Waals surface area contributed by atoms with Crippen molar-refractivity contribution in [1.82, 2.24) is 25.4 Å². The molecule has 35 heavy (non-hydrogen) atoms. The number of carbonyl (C=O) groups excluding carboxylic acids is 3. The maximum absolute atomic E-state index is 12.9. The molecular weight excluding hydrogens is 466 g/mol. The van der Waals surface area contributed by atoms with Crippen LogP contribution in [0.5, 0.6) is 0 Å². The molecule has 5 rings (SSSR count). The molecule has 2 aromatic rings. The summed E-state index contributed by atoms with van der Waals surface area (Å²) in [4.78, 5) is 48.5. The lowest BCUT2D eigenvalue weighted by molar-refractivity contribution is -0.132. The SMILES string of the molecule is O=C(Nc1ccsc1)N[C@H]1C[C@H]2C(=O)NC[C@@H](CCC(=O)N3CCN(c4ccccn4)CC3)N2C1. The fraction of sp³-hybridized carbons (Fsp3) is 0.500. The van der Waals surface area contributed by atoms with Gasteiger partial charge in [-0.15, -0.1) is 0 Å². The van der Waals surface area contributed by atoms with Crippen LogP contribution in [0, 0.1) is 0 Å². The Morgan fingerprint density at radius 3 is 2.77 bits per heavy atom. The van der Waals surface area contributed by atoms with E-state index < -0.39 is 0 Å². The van der Waals surface area contributed by atoms with E-state index in [2.05, 4.69) is 30.7 Å². The Morgan fingerprint density at radius 2 is 2.03 bits per heavy atom. The molecule has 3 aliphatic rings. The molecule has 3 saturated heterocycles. The van der Waals surface area contributed by atoms with E-state index in [0.717, 1.165) is 24.6 Å². The molecule has 0 aliphatic carbocycles. The van der Waals surface area contributed by atoms with Crippen LogP contribution in [0.15, 0.2) is 41.2 Å². The van der Waals surface area contributed by atoms with Gasteiger partial charge in [-0.2, -0.15) is 11.3 Å². The predicted octanol–water partition coefficient (Wildman–Crippen LogP) is 1.33. The lowest BCUT2D eigenvalue weighted by Gasteiger charge is -2.38. The van der Waals surface area contributed by atoms with Gasteiger partial charge in [0.15, 0.2) is 0 Å². The summed E-state index contributed by atoms with van der Waals surface area (Å²) < 4.78 is 0. The largest absolute Gasteiger partial charge is 0.353 e. The van der Waals surface area contributed by atoms with E-state index in [4.69, 9.17) is 0 Å². The van der Waals surface area contributed by atoms with E-state index in [9.17, 15) is 14.4 Å². The van der Waals surface area contributed by atoms with E-state index in [1.54, 1.807) is 6.20 Å². The normalized spacial score (nSPS) is 24.6. The molecule has 5 heterocycles. The molecule has 186 valence electrons. The van der Waals surface area contributed by atoms with Gasteiger partial charge >= 0.3 is 6.03 Å². The maximum Gasteiger partial charge on any atom is 0.319 e. The standard InChI is InChI=1S/C24H31N7O3S/c32-22(30-10-8-29(9-11-30)21-3-1-2-7-25-21)5-4-19-14-26-23(33)20-13-18(15-31(19)20)28-24(34)27-17-6-12-35-16-17/h1-3,6-7,12,16,18-20H,4-5,8-11,13-15H2,(H,26,33)(H2,27,28,34)/t18-,19+,20-/m0/s1. The zero-order chi connectivity index (χ0) is 24.2. The van der Waals surface area contributed by atoms with Crippen LogP contribution in [0.25, 0.3) is 0 Å². The number of nitrogens with zero attached hydrogens (tertiary/aromatic N) is 4. The zero-order valence-electron chi connectivity index (χ0n) is 19.6. The van der Waals surface area contributed by atoms with E-state index in [0.29, 0.717) is 45.4 Å². The van der Waals surface area contributed by atoms with Crippen LogP contribution in [0.2, 0.25) is 0 Å². The van der Waals surface area contributed by atoms with Crippen LogP contribution in [0.1, 0.15) is 19.3 Å². The summed E-state index contributed by atoms with van der Waals surface area (Å²) >= 11 is 1.52. The third-order valence-electron chi connectivity index (χ3n) is 7.03. The number of rotatable bonds is 6. The van der Waals surface area contributed by atoms with Crippen LogP contribution >= 0.6 is 11.3 Å². The lowest BCUT2D eigenvalue weighted by atomic mass is 10.0. The van der Waals surface area contributed by atoms with Crippen molar-refractivity contribution in [3.05, 3.63) is 41.2 Å². The number of piperazine rings is 2. The van der Waals surface area contributed by atoms with Crippen molar-refractivity contribution in [2.45, 2.75) is 37.4 Å². The molecule has 4 amide bonds. The fourth-order valence-corrected chi connectivity index (χ4v) is 5.80. The monoisotopic (exact) mass is 497 g/mol. The van der Waals surface area contributed by atoms with E-state index in [1.807, 2.05) is 39.9 Å². The van der Waals surface area contributed by atoms with Crippen molar-refractivity contribution in [2.24, 2.45) is 0 Å². The summed E-state index contributed by atoms with van der Waals surface area (Å²) in [6.07, 6.45) is 3.49. The molecule has 11 heteroatoms. The highest BCUT2D eigenvalue weighted by Crippen LogP contribution is 2.26. The van der Waals surface area contributed by atoms with Gasteiger partial charge in [0.2, 0.25) is 11.8 Å². The molecule has 2 aromatic heterocycles. The predicted molar refractivity (Wildman–Crippen MR) is 134 cm³/mol. The summed E-state index contributed by atoms with van der Waals surface area (Å²) in [5, 5.41) is 12.6. The van der Waals surface area contributed by atoms with Gasteiger partial charge in [0, 0.05) is 69.3 Å². The molecule has 3 fully saturated rings. The minimum absolute atomic E-state index is 0.000706. The van der Waals surface area contributed by atoms with E-state index in [1.165, 1.54) is 11.3 Å². The fourth-order valence-electron chi connectivity index (χ4n) is 5.21. The van der Waals surface area contributed by atoms with Crippen molar-refractivity contribution >= 4 is 40.7 Å². The molecule has 3 atom stereocenters. The van der Waals surface area contributed by atoms with Crippen molar-refractivity contribution in [1.29, 1.82) is 0 Å². The molecule has 3 N–H and O–H groups in total. The molecule has 10 nitrogen and oxygen atoms in total. The number of hydrogen-bond acceptors (Lipinski definition) is 7. The number of thiophene rings is 1. The quantitative estimate of drug-likeness (QED) is 0.556. The van der Waals surface area contributed by atoms with Crippen LogP contribution in [-0.4, -0.2) is 90.0 Å². The summed E-state index contributed by atoms with van der Waals surface area (Å²) in [6, 6.07) is 7.17. The molecule has 3 aliphatic heterocycles. The average molecular weight is 498 g/mol. The second kappa shape index (κ2) is 10.6. The van der Waals surface area contributed by atoms with Gasteiger partial charge < -0.3 is 25.8 Å². The first kappa shape index (κ1) is 23.6. The van der Waals surface area contributed by atoms with Crippen molar-refractivity contribution in [3.63, 3.8) is 0 Å². The molecule has 0 aromatic carbocycles.